The number of amides is 2. The third-order valence-corrected chi connectivity index (χ3v) is 7.51. The van der Waals surface area contributed by atoms with Crippen molar-refractivity contribution in [2.45, 2.75) is 57.2 Å². The smallest absolute Gasteiger partial charge is 0.231 e. The number of aliphatic hydroxyl groups is 2. The molecule has 0 saturated carbocycles. The van der Waals surface area contributed by atoms with Gasteiger partial charge in [0.2, 0.25) is 18.6 Å². The average molecular weight is 476 g/mol. The van der Waals surface area contributed by atoms with E-state index in [1.54, 1.807) is 4.90 Å². The lowest BCUT2D eigenvalue weighted by atomic mass is 9.73. The van der Waals surface area contributed by atoms with Gasteiger partial charge in [-0.15, -0.1) is 0 Å². The molecule has 2 fully saturated rings. The highest BCUT2D eigenvalue weighted by Crippen LogP contribution is 2.37. The Kier molecular flexibility index (Phi) is 7.95. The number of hydrogen-bond acceptors (Lipinski definition) is 7. The van der Waals surface area contributed by atoms with Crippen molar-refractivity contribution < 1.29 is 29.3 Å². The number of ether oxygens (including phenoxy) is 2. The summed E-state index contributed by atoms with van der Waals surface area (Å²) in [5, 5.41) is 23.8. The summed E-state index contributed by atoms with van der Waals surface area (Å²) in [5.74, 6) is 1.27. The van der Waals surface area contributed by atoms with Crippen molar-refractivity contribution in [1.82, 2.24) is 15.1 Å². The molecule has 34 heavy (non-hydrogen) atoms. The van der Waals surface area contributed by atoms with Crippen LogP contribution in [0.1, 0.15) is 44.1 Å². The molecule has 3 aliphatic heterocycles. The van der Waals surface area contributed by atoms with Gasteiger partial charge in [0.25, 0.3) is 0 Å². The van der Waals surface area contributed by atoms with Crippen molar-refractivity contribution in [3.63, 3.8) is 0 Å². The van der Waals surface area contributed by atoms with Gasteiger partial charge in [-0.25, -0.2) is 0 Å². The molecular weight excluding hydrogens is 438 g/mol. The van der Waals surface area contributed by atoms with E-state index in [0.717, 1.165) is 50.8 Å². The Hall–Kier alpha value is -2.36. The van der Waals surface area contributed by atoms with Gasteiger partial charge in [-0.1, -0.05) is 12.5 Å². The number of fused-ring (bicyclic) bond motifs is 1. The van der Waals surface area contributed by atoms with E-state index in [4.69, 9.17) is 9.47 Å². The zero-order valence-electron chi connectivity index (χ0n) is 20.0. The van der Waals surface area contributed by atoms with Crippen LogP contribution in [0.4, 0.5) is 0 Å². The molecule has 1 aromatic carbocycles. The highest BCUT2D eigenvalue weighted by molar-refractivity contribution is 5.83. The van der Waals surface area contributed by atoms with Gasteiger partial charge in [0.1, 0.15) is 0 Å². The monoisotopic (exact) mass is 475 g/mol. The van der Waals surface area contributed by atoms with Crippen molar-refractivity contribution in [2.24, 2.45) is 5.41 Å². The van der Waals surface area contributed by atoms with Gasteiger partial charge in [-0.05, 0) is 69.9 Å². The Bertz CT molecular complexity index is 870. The zero-order valence-corrected chi connectivity index (χ0v) is 20.0. The molecule has 188 valence electrons. The standard InChI is InChI=1S/C25H37N3O6/c1-27-12-8-25(9-13-27)7-2-3-10-28(11-6-19(29)20(30)16-26-24(25)32)23(31)15-18-4-5-21-22(14-18)34-17-33-21/h4-5,14,19-20,29-30H,2-3,6-13,15-17H2,1H3,(H,26,32)/t19-,20+/m0/s1. The van der Waals surface area contributed by atoms with Gasteiger partial charge in [-0.2, -0.15) is 0 Å². The Morgan fingerprint density at radius 3 is 2.62 bits per heavy atom. The number of hydrogen-bond donors (Lipinski definition) is 3. The number of carbonyl (C=O) groups is 2. The normalized spacial score (nSPS) is 26.3. The first-order valence-corrected chi connectivity index (χ1v) is 12.4. The molecule has 0 bridgehead atoms. The van der Waals surface area contributed by atoms with Crippen LogP contribution in [-0.4, -0.2) is 90.6 Å². The summed E-state index contributed by atoms with van der Waals surface area (Å²) in [6.07, 6.45) is 2.34. The Morgan fingerprint density at radius 2 is 1.82 bits per heavy atom. The van der Waals surface area contributed by atoms with Crippen LogP contribution in [0.3, 0.4) is 0 Å². The molecule has 3 aliphatic rings. The van der Waals surface area contributed by atoms with Gasteiger partial charge in [0.05, 0.1) is 24.0 Å². The zero-order chi connectivity index (χ0) is 24.1. The minimum absolute atomic E-state index is 0.0166. The fourth-order valence-electron chi connectivity index (χ4n) is 5.10. The molecule has 3 heterocycles. The molecule has 9 heteroatoms. The number of aliphatic hydroxyl groups excluding tert-OH is 2. The van der Waals surface area contributed by atoms with Crippen LogP contribution in [0, 0.1) is 5.41 Å². The molecule has 0 aliphatic carbocycles. The first kappa shape index (κ1) is 24.8. The minimum atomic E-state index is -1.07. The number of nitrogens with one attached hydrogen (secondary N) is 1. The number of carbonyl (C=O) groups excluding carboxylic acids is 2. The SMILES string of the molecule is CN1CCC2(CCCCN(C(=O)Cc3ccc4c(c3)OCO4)CC[C@H](O)[C@H](O)CNC2=O)CC1. The molecule has 9 nitrogen and oxygen atoms in total. The Labute approximate surface area is 201 Å². The van der Waals surface area contributed by atoms with Gasteiger partial charge >= 0.3 is 0 Å². The summed E-state index contributed by atoms with van der Waals surface area (Å²) < 4.78 is 10.8. The number of β-amino-alcohol motifs (C(OH)–C–C–N with tert-alkyl or cyclic N) is 1. The lowest BCUT2D eigenvalue weighted by molar-refractivity contribution is -0.135. The fourth-order valence-corrected chi connectivity index (χ4v) is 5.10. The van der Waals surface area contributed by atoms with Gasteiger partial charge in [-0.3, -0.25) is 9.59 Å². The van der Waals surface area contributed by atoms with Crippen molar-refractivity contribution >= 4 is 11.8 Å². The number of likely N-dealkylation sites (tertiary alicyclic amines) is 1. The number of piperidine rings is 1. The number of benzene rings is 1. The van der Waals surface area contributed by atoms with Crippen molar-refractivity contribution in [3.05, 3.63) is 23.8 Å². The van der Waals surface area contributed by atoms with Crippen LogP contribution in [0.5, 0.6) is 11.5 Å². The topological polar surface area (TPSA) is 112 Å². The highest BCUT2D eigenvalue weighted by atomic mass is 16.7. The molecule has 2 saturated heterocycles. The molecule has 2 amide bonds. The Morgan fingerprint density at radius 1 is 1.06 bits per heavy atom. The lowest BCUT2D eigenvalue weighted by Crippen LogP contribution is -2.50. The van der Waals surface area contributed by atoms with E-state index in [2.05, 4.69) is 17.3 Å². The van der Waals surface area contributed by atoms with Gasteiger partial charge in [0.15, 0.2) is 11.5 Å². The first-order chi connectivity index (χ1) is 16.4. The summed E-state index contributed by atoms with van der Waals surface area (Å²) in [5.41, 5.74) is 0.393. The predicted octanol–water partition coefficient (Wildman–Crippen LogP) is 0.910. The number of nitrogens with zero attached hydrogens (tertiary/aromatic N) is 2. The third-order valence-electron chi connectivity index (χ3n) is 7.51. The van der Waals surface area contributed by atoms with Gasteiger partial charge in [0, 0.05) is 19.6 Å². The quantitative estimate of drug-likeness (QED) is 0.583. The summed E-state index contributed by atoms with van der Waals surface area (Å²) in [7, 11) is 2.06. The van der Waals surface area contributed by atoms with E-state index in [0.29, 0.717) is 24.6 Å². The van der Waals surface area contributed by atoms with Crippen molar-refractivity contribution in [3.8, 4) is 11.5 Å². The highest BCUT2D eigenvalue weighted by Gasteiger charge is 2.40. The van der Waals surface area contributed by atoms with E-state index in [1.165, 1.54) is 0 Å². The summed E-state index contributed by atoms with van der Waals surface area (Å²) in [6.45, 7) is 2.84. The van der Waals surface area contributed by atoms with Crippen LogP contribution in [0.2, 0.25) is 0 Å². The van der Waals surface area contributed by atoms with E-state index in [1.807, 2.05) is 18.2 Å². The second-order valence-electron chi connectivity index (χ2n) is 9.92. The van der Waals surface area contributed by atoms with Crippen LogP contribution < -0.4 is 14.8 Å². The van der Waals surface area contributed by atoms with E-state index in [9.17, 15) is 19.8 Å². The summed E-state index contributed by atoms with van der Waals surface area (Å²) >= 11 is 0. The predicted molar refractivity (Wildman–Crippen MR) is 126 cm³/mol. The second-order valence-corrected chi connectivity index (χ2v) is 9.92. The second kappa shape index (κ2) is 10.9. The molecule has 0 radical (unpaired) electrons. The molecule has 1 spiro atoms. The number of rotatable bonds is 2. The molecule has 3 N–H and O–H groups in total. The van der Waals surface area contributed by atoms with E-state index >= 15 is 0 Å². The maximum absolute atomic E-state index is 13.2. The molecule has 1 aromatic rings. The lowest BCUT2D eigenvalue weighted by Gasteiger charge is -2.39. The van der Waals surface area contributed by atoms with Crippen molar-refractivity contribution in [1.29, 1.82) is 0 Å². The third kappa shape index (κ3) is 5.82. The molecule has 0 unspecified atom stereocenters. The summed E-state index contributed by atoms with van der Waals surface area (Å²) in [6, 6.07) is 5.52. The van der Waals surface area contributed by atoms with Crippen molar-refractivity contribution in [2.75, 3.05) is 46.6 Å². The molecular formula is C25H37N3O6. The van der Waals surface area contributed by atoms with Crippen LogP contribution in [0.15, 0.2) is 18.2 Å². The molecule has 0 aromatic heterocycles. The van der Waals surface area contributed by atoms with Crippen LogP contribution in [0.25, 0.3) is 0 Å². The summed E-state index contributed by atoms with van der Waals surface area (Å²) in [4.78, 5) is 30.3. The maximum Gasteiger partial charge on any atom is 0.231 e. The maximum atomic E-state index is 13.2. The van der Waals surface area contributed by atoms with E-state index in [-0.39, 0.29) is 38.0 Å². The van der Waals surface area contributed by atoms with E-state index < -0.39 is 17.6 Å². The van der Waals surface area contributed by atoms with Gasteiger partial charge < -0.3 is 34.8 Å². The largest absolute Gasteiger partial charge is 0.454 e. The molecule has 4 rings (SSSR count). The molecule has 2 atom stereocenters. The van der Waals surface area contributed by atoms with Crippen LogP contribution >= 0.6 is 0 Å². The Balaban J connectivity index is 1.43. The average Bonchev–Trinajstić information content (AvgIpc) is 3.30. The van der Waals surface area contributed by atoms with Crippen LogP contribution in [-0.2, 0) is 16.0 Å². The fraction of sp³-hybridized carbons (Fsp3) is 0.680. The minimum Gasteiger partial charge on any atom is -0.454 e. The first-order valence-electron chi connectivity index (χ1n) is 12.4.